The van der Waals surface area contributed by atoms with Gasteiger partial charge in [-0.1, -0.05) is 11.6 Å². The molecule has 0 amide bonds. The molecule has 1 radical (unpaired) electrons. The summed E-state index contributed by atoms with van der Waals surface area (Å²) >= 11 is 5.05. The lowest BCUT2D eigenvalue weighted by atomic mass is 10.9. The average molecular weight is 93.5 g/mol. The third-order valence-electron chi connectivity index (χ3n) is 0.230. The average Bonchev–Trinajstić information content (AvgIpc) is 1.41. The Morgan fingerprint density at radius 3 is 2.60 bits per heavy atom. The van der Waals surface area contributed by atoms with E-state index in [9.17, 15) is 0 Å². The maximum atomic E-state index is 5.05. The van der Waals surface area contributed by atoms with E-state index in [4.69, 9.17) is 11.6 Å². The van der Waals surface area contributed by atoms with Crippen molar-refractivity contribution in [1.29, 1.82) is 0 Å². The maximum absolute atomic E-state index is 5.05. The van der Waals surface area contributed by atoms with Crippen LogP contribution >= 0.6 is 11.6 Å². The van der Waals surface area contributed by atoms with Gasteiger partial charge in [0.1, 0.15) is 6.07 Å². The SMILES string of the molecule is C[CH]OCCl. The lowest BCUT2D eigenvalue weighted by molar-refractivity contribution is 0.260. The van der Waals surface area contributed by atoms with Gasteiger partial charge in [0.05, 0.1) is 6.61 Å². The van der Waals surface area contributed by atoms with Crippen LogP contribution in [-0.4, -0.2) is 6.07 Å². The summed E-state index contributed by atoms with van der Waals surface area (Å²) in [7, 11) is 0. The van der Waals surface area contributed by atoms with Crippen molar-refractivity contribution in [2.45, 2.75) is 6.92 Å². The van der Waals surface area contributed by atoms with Crippen molar-refractivity contribution in [2.75, 3.05) is 6.07 Å². The number of rotatable bonds is 2. The Bertz CT molecular complexity index is 14.4. The van der Waals surface area contributed by atoms with Gasteiger partial charge in [0.15, 0.2) is 0 Å². The molecule has 0 unspecified atom stereocenters. The van der Waals surface area contributed by atoms with E-state index in [2.05, 4.69) is 4.74 Å². The van der Waals surface area contributed by atoms with Gasteiger partial charge in [-0.3, -0.25) is 0 Å². The van der Waals surface area contributed by atoms with Crippen molar-refractivity contribution in [3.05, 3.63) is 6.61 Å². The Morgan fingerprint density at radius 2 is 2.60 bits per heavy atom. The van der Waals surface area contributed by atoms with Crippen LogP contribution in [0.2, 0.25) is 0 Å². The molecule has 0 rings (SSSR count). The second-order valence-corrected chi connectivity index (χ2v) is 0.730. The van der Waals surface area contributed by atoms with E-state index in [0.717, 1.165) is 0 Å². The predicted molar refractivity (Wildman–Crippen MR) is 21.8 cm³/mol. The van der Waals surface area contributed by atoms with Crippen LogP contribution < -0.4 is 0 Å². The van der Waals surface area contributed by atoms with Crippen LogP contribution in [0.3, 0.4) is 0 Å². The zero-order valence-electron chi connectivity index (χ0n) is 3.07. The first-order chi connectivity index (χ1) is 2.41. The van der Waals surface area contributed by atoms with Crippen LogP contribution in [0.1, 0.15) is 6.92 Å². The third-order valence-corrected chi connectivity index (χ3v) is 0.356. The highest BCUT2D eigenvalue weighted by molar-refractivity contribution is 6.17. The lowest BCUT2D eigenvalue weighted by Gasteiger charge is -1.83. The Balaban J connectivity index is 2.19. The van der Waals surface area contributed by atoms with Crippen molar-refractivity contribution >= 4 is 11.6 Å². The number of hydrogen-bond donors (Lipinski definition) is 0. The second-order valence-electron chi connectivity index (χ2n) is 0.511. The Labute approximate surface area is 36.9 Å². The zero-order chi connectivity index (χ0) is 4.12. The molecule has 1 nitrogen and oxygen atoms in total. The quantitative estimate of drug-likeness (QED) is 0.469. The minimum atomic E-state index is 0.260. The molecular formula is C3H6ClO. The Kier molecular flexibility index (Phi) is 4.46. The van der Waals surface area contributed by atoms with Gasteiger partial charge < -0.3 is 4.74 Å². The van der Waals surface area contributed by atoms with Crippen molar-refractivity contribution in [3.8, 4) is 0 Å². The van der Waals surface area contributed by atoms with Crippen LogP contribution in [0.25, 0.3) is 0 Å². The van der Waals surface area contributed by atoms with Crippen molar-refractivity contribution in [2.24, 2.45) is 0 Å². The van der Waals surface area contributed by atoms with E-state index in [1.165, 1.54) is 0 Å². The molecule has 2 heteroatoms. The molecule has 0 atom stereocenters. The molecule has 0 aromatic carbocycles. The Morgan fingerprint density at radius 1 is 2.00 bits per heavy atom. The molecule has 0 aliphatic heterocycles. The highest BCUT2D eigenvalue weighted by Crippen LogP contribution is 1.78. The van der Waals surface area contributed by atoms with Gasteiger partial charge in [0.25, 0.3) is 0 Å². The topological polar surface area (TPSA) is 9.23 Å². The van der Waals surface area contributed by atoms with Gasteiger partial charge in [-0.15, -0.1) is 0 Å². The maximum Gasteiger partial charge on any atom is 0.121 e. The molecule has 0 bridgehead atoms. The van der Waals surface area contributed by atoms with E-state index in [1.807, 2.05) is 0 Å². The molecule has 0 N–H and O–H groups in total. The summed E-state index contributed by atoms with van der Waals surface area (Å²) in [6.45, 7) is 3.33. The number of ether oxygens (including phenoxy) is 1. The van der Waals surface area contributed by atoms with Gasteiger partial charge in [0, 0.05) is 0 Å². The summed E-state index contributed by atoms with van der Waals surface area (Å²) in [4.78, 5) is 0. The molecule has 0 aliphatic rings. The fraction of sp³-hybridized carbons (Fsp3) is 0.667. The molecule has 0 saturated heterocycles. The molecule has 0 aliphatic carbocycles. The van der Waals surface area contributed by atoms with Crippen LogP contribution in [0, 0.1) is 6.61 Å². The highest BCUT2D eigenvalue weighted by atomic mass is 35.5. The van der Waals surface area contributed by atoms with E-state index >= 15 is 0 Å². The van der Waals surface area contributed by atoms with E-state index in [1.54, 1.807) is 13.5 Å². The molecule has 0 saturated carbocycles. The van der Waals surface area contributed by atoms with Gasteiger partial charge in [-0.05, 0) is 6.92 Å². The minimum absolute atomic E-state index is 0.260. The van der Waals surface area contributed by atoms with Crippen LogP contribution in [-0.2, 0) is 4.74 Å². The number of halogens is 1. The van der Waals surface area contributed by atoms with Crippen molar-refractivity contribution in [1.82, 2.24) is 0 Å². The first-order valence-electron chi connectivity index (χ1n) is 1.37. The second kappa shape index (κ2) is 4.25. The predicted octanol–water partition coefficient (Wildman–Crippen LogP) is 1.38. The monoisotopic (exact) mass is 93.0 g/mol. The smallest absolute Gasteiger partial charge is 0.121 e. The molecule has 0 heterocycles. The van der Waals surface area contributed by atoms with Crippen molar-refractivity contribution in [3.63, 3.8) is 0 Å². The van der Waals surface area contributed by atoms with Crippen molar-refractivity contribution < 1.29 is 4.74 Å². The molecule has 31 valence electrons. The summed E-state index contributed by atoms with van der Waals surface area (Å²) in [6, 6.07) is 0.260. The summed E-state index contributed by atoms with van der Waals surface area (Å²) < 4.78 is 4.47. The number of alkyl halides is 1. The summed E-state index contributed by atoms with van der Waals surface area (Å²) in [5.41, 5.74) is 0. The fourth-order valence-corrected chi connectivity index (χ4v) is 0.189. The summed E-state index contributed by atoms with van der Waals surface area (Å²) in [5.74, 6) is 0. The number of hydrogen-bond acceptors (Lipinski definition) is 1. The molecular weight excluding hydrogens is 87.5 g/mol. The normalized spacial score (nSPS) is 8.40. The zero-order valence-corrected chi connectivity index (χ0v) is 3.83. The highest BCUT2D eigenvalue weighted by Gasteiger charge is 1.67. The molecule has 0 spiro atoms. The fourth-order valence-electron chi connectivity index (χ4n) is 0.0630. The molecule has 5 heavy (non-hydrogen) atoms. The van der Waals surface area contributed by atoms with Crippen LogP contribution in [0.5, 0.6) is 0 Å². The molecule has 0 aromatic heterocycles. The third kappa shape index (κ3) is 4.25. The lowest BCUT2D eigenvalue weighted by Crippen LogP contribution is -1.74. The first kappa shape index (κ1) is 5.25. The van der Waals surface area contributed by atoms with E-state index < -0.39 is 0 Å². The van der Waals surface area contributed by atoms with E-state index in [-0.39, 0.29) is 6.07 Å². The Hall–Kier alpha value is 0.250. The molecule has 0 aromatic rings. The van der Waals surface area contributed by atoms with Gasteiger partial charge in [-0.25, -0.2) is 0 Å². The van der Waals surface area contributed by atoms with Gasteiger partial charge in [-0.2, -0.15) is 0 Å². The summed E-state index contributed by atoms with van der Waals surface area (Å²) in [5, 5.41) is 0. The minimum Gasteiger partial charge on any atom is -0.360 e. The van der Waals surface area contributed by atoms with Crippen LogP contribution in [0.15, 0.2) is 0 Å². The summed E-state index contributed by atoms with van der Waals surface area (Å²) in [6.07, 6.45) is 0. The van der Waals surface area contributed by atoms with Crippen LogP contribution in [0.4, 0.5) is 0 Å². The molecule has 0 fully saturated rings. The first-order valence-corrected chi connectivity index (χ1v) is 1.90. The van der Waals surface area contributed by atoms with Gasteiger partial charge >= 0.3 is 0 Å². The van der Waals surface area contributed by atoms with Gasteiger partial charge in [0.2, 0.25) is 0 Å². The standard InChI is InChI=1S/C3H6ClO/c1-2-5-3-4/h2H,3H2,1H3. The largest absolute Gasteiger partial charge is 0.360 e. The van der Waals surface area contributed by atoms with E-state index in [0.29, 0.717) is 0 Å².